The fraction of sp³-hybridized carbons (Fsp3) is 0.250. The third-order valence-corrected chi connectivity index (χ3v) is 4.97. The lowest BCUT2D eigenvalue weighted by molar-refractivity contribution is -0.386. The Labute approximate surface area is 145 Å². The highest BCUT2D eigenvalue weighted by Gasteiger charge is 2.21. The second-order valence-electron chi connectivity index (χ2n) is 5.54. The number of ether oxygens (including phenoxy) is 1. The van der Waals surface area contributed by atoms with E-state index >= 15 is 0 Å². The SMILES string of the molecule is Cc1sc2nc([C@@H](C)Oc3cc(F)ccc3[N+](=O)[O-])[nH]c(=O)c2c1C. The van der Waals surface area contributed by atoms with Gasteiger partial charge in [0.2, 0.25) is 5.75 Å². The Morgan fingerprint density at radius 2 is 2.12 bits per heavy atom. The van der Waals surface area contributed by atoms with Crippen molar-refractivity contribution in [1.82, 2.24) is 9.97 Å². The van der Waals surface area contributed by atoms with Gasteiger partial charge in [0.15, 0.2) is 11.9 Å². The minimum absolute atomic E-state index is 0.220. The predicted octanol–water partition coefficient (Wildman–Crippen LogP) is 3.79. The minimum atomic E-state index is -0.805. The summed E-state index contributed by atoms with van der Waals surface area (Å²) in [7, 11) is 0. The summed E-state index contributed by atoms with van der Waals surface area (Å²) in [4.78, 5) is 31.3. The van der Waals surface area contributed by atoms with Gasteiger partial charge in [-0.1, -0.05) is 0 Å². The Morgan fingerprint density at radius 1 is 1.40 bits per heavy atom. The molecule has 0 amide bonds. The molecule has 1 aromatic carbocycles. The molecule has 7 nitrogen and oxygen atoms in total. The average Bonchev–Trinajstić information content (AvgIpc) is 2.82. The number of hydrogen-bond acceptors (Lipinski definition) is 6. The van der Waals surface area contributed by atoms with E-state index in [4.69, 9.17) is 4.74 Å². The van der Waals surface area contributed by atoms with Gasteiger partial charge in [0.25, 0.3) is 5.56 Å². The van der Waals surface area contributed by atoms with Crippen LogP contribution in [-0.2, 0) is 0 Å². The Hall–Kier alpha value is -2.81. The van der Waals surface area contributed by atoms with Crippen LogP contribution in [0.25, 0.3) is 10.2 Å². The normalized spacial score (nSPS) is 12.3. The van der Waals surface area contributed by atoms with Gasteiger partial charge in [-0.25, -0.2) is 9.37 Å². The maximum Gasteiger partial charge on any atom is 0.311 e. The topological polar surface area (TPSA) is 98.1 Å². The van der Waals surface area contributed by atoms with Crippen LogP contribution in [0.3, 0.4) is 0 Å². The lowest BCUT2D eigenvalue weighted by atomic mass is 10.2. The average molecular weight is 363 g/mol. The van der Waals surface area contributed by atoms with E-state index in [0.29, 0.717) is 10.2 Å². The number of aromatic nitrogens is 2. The second-order valence-corrected chi connectivity index (χ2v) is 6.75. The maximum absolute atomic E-state index is 13.4. The van der Waals surface area contributed by atoms with Crippen molar-refractivity contribution in [3.05, 3.63) is 60.7 Å². The Balaban J connectivity index is 2.01. The number of nitro groups is 1. The van der Waals surface area contributed by atoms with Gasteiger partial charge in [-0.15, -0.1) is 11.3 Å². The van der Waals surface area contributed by atoms with Gasteiger partial charge in [-0.05, 0) is 32.4 Å². The van der Waals surface area contributed by atoms with Crippen molar-refractivity contribution in [2.75, 3.05) is 0 Å². The molecule has 1 N–H and O–H groups in total. The number of aryl methyl sites for hydroxylation is 2. The third kappa shape index (κ3) is 3.10. The summed E-state index contributed by atoms with van der Waals surface area (Å²) in [6.45, 7) is 5.32. The minimum Gasteiger partial charge on any atom is -0.476 e. The Morgan fingerprint density at radius 3 is 2.80 bits per heavy atom. The van der Waals surface area contributed by atoms with Crippen LogP contribution >= 0.6 is 11.3 Å². The van der Waals surface area contributed by atoms with E-state index in [0.717, 1.165) is 28.6 Å². The number of H-pyrrole nitrogens is 1. The van der Waals surface area contributed by atoms with E-state index in [2.05, 4.69) is 9.97 Å². The van der Waals surface area contributed by atoms with Crippen LogP contribution in [0, 0.1) is 29.8 Å². The lowest BCUT2D eigenvalue weighted by Gasteiger charge is -2.14. The molecule has 2 heterocycles. The van der Waals surface area contributed by atoms with Crippen LogP contribution in [0.2, 0.25) is 0 Å². The van der Waals surface area contributed by atoms with Gasteiger partial charge in [-0.3, -0.25) is 14.9 Å². The molecule has 0 saturated heterocycles. The molecule has 0 bridgehead atoms. The number of benzene rings is 1. The van der Waals surface area contributed by atoms with Gasteiger partial charge in [-0.2, -0.15) is 0 Å². The van der Waals surface area contributed by atoms with Crippen LogP contribution in [0.5, 0.6) is 5.75 Å². The number of nitro benzene ring substituents is 1. The monoisotopic (exact) mass is 363 g/mol. The molecule has 9 heteroatoms. The molecule has 0 fully saturated rings. The van der Waals surface area contributed by atoms with Crippen LogP contribution in [-0.4, -0.2) is 14.9 Å². The summed E-state index contributed by atoms with van der Waals surface area (Å²) in [5.41, 5.74) is 0.208. The number of aromatic amines is 1. The molecule has 2 aromatic heterocycles. The lowest BCUT2D eigenvalue weighted by Crippen LogP contribution is -2.16. The molecule has 0 saturated carbocycles. The molecule has 0 aliphatic heterocycles. The van der Waals surface area contributed by atoms with E-state index in [9.17, 15) is 19.3 Å². The molecule has 1 atom stereocenters. The van der Waals surface area contributed by atoms with Crippen LogP contribution in [0.1, 0.15) is 29.3 Å². The zero-order valence-electron chi connectivity index (χ0n) is 13.6. The molecule has 3 rings (SSSR count). The number of rotatable bonds is 4. The Kier molecular flexibility index (Phi) is 4.25. The van der Waals surface area contributed by atoms with Crippen molar-refractivity contribution in [1.29, 1.82) is 0 Å². The summed E-state index contributed by atoms with van der Waals surface area (Å²) in [6, 6.07) is 2.95. The van der Waals surface area contributed by atoms with Crippen molar-refractivity contribution in [2.45, 2.75) is 26.9 Å². The molecular formula is C16H14FN3O4S. The molecule has 0 aliphatic carbocycles. The molecular weight excluding hydrogens is 349 g/mol. The molecule has 0 spiro atoms. The number of hydrogen-bond donors (Lipinski definition) is 1. The number of nitrogens with zero attached hydrogens (tertiary/aromatic N) is 2. The first kappa shape index (κ1) is 17.0. The number of nitrogens with one attached hydrogen (secondary N) is 1. The molecule has 0 unspecified atom stereocenters. The van der Waals surface area contributed by atoms with E-state index < -0.39 is 16.8 Å². The summed E-state index contributed by atoms with van der Waals surface area (Å²) in [5, 5.41) is 11.6. The smallest absolute Gasteiger partial charge is 0.311 e. The van der Waals surface area contributed by atoms with E-state index in [1.807, 2.05) is 13.8 Å². The molecule has 3 aromatic rings. The van der Waals surface area contributed by atoms with E-state index in [-0.39, 0.29) is 22.8 Å². The summed E-state index contributed by atoms with van der Waals surface area (Å²) < 4.78 is 18.9. The highest BCUT2D eigenvalue weighted by Crippen LogP contribution is 2.32. The molecule has 0 aliphatic rings. The van der Waals surface area contributed by atoms with Gasteiger partial charge in [0.1, 0.15) is 10.6 Å². The molecule has 25 heavy (non-hydrogen) atoms. The van der Waals surface area contributed by atoms with Crippen molar-refractivity contribution in [3.63, 3.8) is 0 Å². The van der Waals surface area contributed by atoms with Crippen molar-refractivity contribution in [3.8, 4) is 5.75 Å². The highest BCUT2D eigenvalue weighted by atomic mass is 32.1. The molecule has 130 valence electrons. The van der Waals surface area contributed by atoms with Crippen molar-refractivity contribution < 1.29 is 14.1 Å². The Bertz CT molecular complexity index is 1040. The van der Waals surface area contributed by atoms with Crippen LogP contribution in [0.4, 0.5) is 10.1 Å². The fourth-order valence-corrected chi connectivity index (χ4v) is 3.48. The van der Waals surface area contributed by atoms with Crippen molar-refractivity contribution in [2.24, 2.45) is 0 Å². The fourth-order valence-electron chi connectivity index (χ4n) is 2.44. The first-order valence-corrected chi connectivity index (χ1v) is 8.20. The van der Waals surface area contributed by atoms with E-state index in [1.165, 1.54) is 11.3 Å². The number of fused-ring (bicyclic) bond motifs is 1. The maximum atomic E-state index is 13.4. The standard InChI is InChI=1S/C16H14FN3O4S/c1-7-9(3)25-16-13(7)15(21)18-14(19-16)8(2)24-12-6-10(17)4-5-11(12)20(22)23/h4-6,8H,1-3H3,(H,18,19,21)/t8-/m1/s1. The number of thiophene rings is 1. The second kappa shape index (κ2) is 6.25. The summed E-state index contributed by atoms with van der Waals surface area (Å²) in [5.74, 6) is -0.662. The zero-order chi connectivity index (χ0) is 18.3. The predicted molar refractivity (Wildman–Crippen MR) is 91.8 cm³/mol. The first-order valence-electron chi connectivity index (χ1n) is 7.38. The van der Waals surface area contributed by atoms with Gasteiger partial charge in [0, 0.05) is 17.0 Å². The van der Waals surface area contributed by atoms with Crippen molar-refractivity contribution >= 4 is 27.2 Å². The van der Waals surface area contributed by atoms with Gasteiger partial charge in [0.05, 0.1) is 10.3 Å². The number of halogens is 1. The zero-order valence-corrected chi connectivity index (χ0v) is 14.4. The molecule has 0 radical (unpaired) electrons. The van der Waals surface area contributed by atoms with Crippen LogP contribution < -0.4 is 10.3 Å². The van der Waals surface area contributed by atoms with E-state index in [1.54, 1.807) is 6.92 Å². The summed E-state index contributed by atoms with van der Waals surface area (Å²) in [6.07, 6.45) is -0.805. The van der Waals surface area contributed by atoms with Gasteiger partial charge >= 0.3 is 5.69 Å². The van der Waals surface area contributed by atoms with Crippen LogP contribution in [0.15, 0.2) is 23.0 Å². The third-order valence-electron chi connectivity index (χ3n) is 3.86. The largest absolute Gasteiger partial charge is 0.476 e. The quantitative estimate of drug-likeness (QED) is 0.562. The summed E-state index contributed by atoms with van der Waals surface area (Å²) >= 11 is 1.39. The van der Waals surface area contributed by atoms with Gasteiger partial charge < -0.3 is 9.72 Å². The first-order chi connectivity index (χ1) is 11.8. The highest BCUT2D eigenvalue weighted by molar-refractivity contribution is 7.18.